The van der Waals surface area contributed by atoms with Crippen LogP contribution in [0.2, 0.25) is 0 Å². The van der Waals surface area contributed by atoms with Gasteiger partial charge in [-0.2, -0.15) is 0 Å². The molecule has 0 atom stereocenters. The first kappa shape index (κ1) is 22.1. The van der Waals surface area contributed by atoms with Crippen molar-refractivity contribution in [3.8, 4) is 5.75 Å². The van der Waals surface area contributed by atoms with Crippen LogP contribution in [0, 0.1) is 13.8 Å². The molecular weight excluding hydrogens is 382 g/mol. The summed E-state index contributed by atoms with van der Waals surface area (Å²) in [5.41, 5.74) is 3.49. The zero-order chi connectivity index (χ0) is 21.7. The smallest absolute Gasteiger partial charge is 0.340 e. The van der Waals surface area contributed by atoms with Crippen molar-refractivity contribution in [3.63, 3.8) is 0 Å². The number of ether oxygens (including phenoxy) is 2. The Labute approximate surface area is 178 Å². The molecule has 1 fully saturated rings. The predicted molar refractivity (Wildman–Crippen MR) is 115 cm³/mol. The summed E-state index contributed by atoms with van der Waals surface area (Å²) in [4.78, 5) is 33.0. The molecule has 1 aliphatic heterocycles. The Morgan fingerprint density at radius 1 is 0.967 bits per heavy atom. The first-order chi connectivity index (χ1) is 14.4. The van der Waals surface area contributed by atoms with Gasteiger partial charge in [0.05, 0.1) is 31.4 Å². The number of aryl methyl sites for hydroxylation is 2. The summed E-state index contributed by atoms with van der Waals surface area (Å²) in [6, 6.07) is 8.13. The minimum absolute atomic E-state index is 0.0384. The van der Waals surface area contributed by atoms with E-state index in [-0.39, 0.29) is 12.4 Å². The summed E-state index contributed by atoms with van der Waals surface area (Å²) in [7, 11) is 1.67. The maximum absolute atomic E-state index is 13.0. The molecule has 0 radical (unpaired) electrons. The Morgan fingerprint density at radius 3 is 2.17 bits per heavy atom. The first-order valence-electron chi connectivity index (χ1n) is 10.4. The van der Waals surface area contributed by atoms with Gasteiger partial charge in [-0.3, -0.25) is 14.6 Å². The lowest BCUT2D eigenvalue weighted by Gasteiger charge is -2.34. The number of esters is 1. The highest BCUT2D eigenvalue weighted by Crippen LogP contribution is 2.21. The number of hydrogen-bond acceptors (Lipinski definition) is 6. The lowest BCUT2D eigenvalue weighted by Crippen LogP contribution is -2.47. The summed E-state index contributed by atoms with van der Waals surface area (Å²) >= 11 is 0. The van der Waals surface area contributed by atoms with Crippen molar-refractivity contribution < 1.29 is 19.1 Å². The van der Waals surface area contributed by atoms with E-state index < -0.39 is 5.97 Å². The fourth-order valence-corrected chi connectivity index (χ4v) is 3.97. The van der Waals surface area contributed by atoms with Gasteiger partial charge in [-0.25, -0.2) is 4.79 Å². The van der Waals surface area contributed by atoms with Crippen LogP contribution in [0.15, 0.2) is 24.3 Å². The van der Waals surface area contributed by atoms with Crippen LogP contribution in [0.1, 0.15) is 44.6 Å². The van der Waals surface area contributed by atoms with Gasteiger partial charge in [0.2, 0.25) is 0 Å². The number of H-pyrrole nitrogens is 1. The fourth-order valence-electron chi connectivity index (χ4n) is 3.97. The second kappa shape index (κ2) is 9.91. The molecule has 0 aliphatic carbocycles. The molecule has 1 aromatic heterocycles. The normalized spacial score (nSPS) is 15.2. The lowest BCUT2D eigenvalue weighted by molar-refractivity contribution is 0.0521. The van der Waals surface area contributed by atoms with Gasteiger partial charge in [0.25, 0.3) is 0 Å². The van der Waals surface area contributed by atoms with Crippen molar-refractivity contribution in [3.05, 3.63) is 52.3 Å². The standard InChI is InChI=1S/C23H31N3O4/c1-5-30-23(28)22-17(3)24-16(2)21(22)20(27)15-26-12-10-25(11-13-26)14-18-6-8-19(29-4)9-7-18/h6-9,24H,5,10-15H2,1-4H3. The van der Waals surface area contributed by atoms with Crippen LogP contribution >= 0.6 is 0 Å². The van der Waals surface area contributed by atoms with E-state index in [1.54, 1.807) is 21.0 Å². The van der Waals surface area contributed by atoms with Crippen LogP contribution < -0.4 is 4.74 Å². The Balaban J connectivity index is 1.57. The summed E-state index contributed by atoms with van der Waals surface area (Å²) < 4.78 is 10.4. The number of nitrogens with zero attached hydrogens (tertiary/aromatic N) is 2. The highest BCUT2D eigenvalue weighted by molar-refractivity contribution is 6.09. The molecule has 1 aliphatic rings. The van der Waals surface area contributed by atoms with E-state index >= 15 is 0 Å². The summed E-state index contributed by atoms with van der Waals surface area (Å²) in [5.74, 6) is 0.384. The average molecular weight is 414 g/mol. The van der Waals surface area contributed by atoms with Crippen molar-refractivity contribution in [2.45, 2.75) is 27.3 Å². The van der Waals surface area contributed by atoms with Gasteiger partial charge in [-0.15, -0.1) is 0 Å². The summed E-state index contributed by atoms with van der Waals surface area (Å²) in [6.07, 6.45) is 0. The van der Waals surface area contributed by atoms with Crippen LogP contribution in [-0.2, 0) is 11.3 Å². The van der Waals surface area contributed by atoms with E-state index in [0.717, 1.165) is 44.2 Å². The number of aromatic amines is 1. The molecule has 7 nitrogen and oxygen atoms in total. The van der Waals surface area contributed by atoms with E-state index in [1.165, 1.54) is 5.56 Å². The van der Waals surface area contributed by atoms with Crippen molar-refractivity contribution in [2.24, 2.45) is 0 Å². The second-order valence-electron chi connectivity index (χ2n) is 7.67. The quantitative estimate of drug-likeness (QED) is 0.530. The summed E-state index contributed by atoms with van der Waals surface area (Å²) in [6.45, 7) is 10.3. The number of piperazine rings is 1. The van der Waals surface area contributed by atoms with E-state index in [2.05, 4.69) is 26.9 Å². The number of Topliss-reactive ketones (excluding diaryl/α,β-unsaturated/α-hetero) is 1. The molecule has 0 saturated carbocycles. The number of nitrogens with one attached hydrogen (secondary N) is 1. The Bertz CT molecular complexity index is 881. The van der Waals surface area contributed by atoms with Gasteiger partial charge >= 0.3 is 5.97 Å². The Kier molecular flexibility index (Phi) is 7.29. The number of benzene rings is 1. The van der Waals surface area contributed by atoms with Crippen LogP contribution in [0.25, 0.3) is 0 Å². The third-order valence-corrected chi connectivity index (χ3v) is 5.53. The molecule has 1 aromatic carbocycles. The number of carbonyl (C=O) groups excluding carboxylic acids is 2. The molecule has 2 aromatic rings. The SMILES string of the molecule is CCOC(=O)c1c(C)[nH]c(C)c1C(=O)CN1CCN(Cc2ccc(OC)cc2)CC1. The Hall–Kier alpha value is -2.64. The van der Waals surface area contributed by atoms with Crippen LogP contribution in [0.4, 0.5) is 0 Å². The number of hydrogen-bond donors (Lipinski definition) is 1. The molecule has 1 N–H and O–H groups in total. The molecule has 0 amide bonds. The van der Waals surface area contributed by atoms with Crippen LogP contribution in [0.3, 0.4) is 0 Å². The highest BCUT2D eigenvalue weighted by atomic mass is 16.5. The first-order valence-corrected chi connectivity index (χ1v) is 10.4. The van der Waals surface area contributed by atoms with Gasteiger partial charge in [0.15, 0.2) is 5.78 Å². The van der Waals surface area contributed by atoms with Gasteiger partial charge in [-0.05, 0) is 38.5 Å². The predicted octanol–water partition coefficient (Wildman–Crippen LogP) is 2.82. The van der Waals surface area contributed by atoms with Crippen molar-refractivity contribution in [2.75, 3.05) is 46.4 Å². The second-order valence-corrected chi connectivity index (χ2v) is 7.67. The molecule has 0 spiro atoms. The number of carbonyl (C=O) groups is 2. The van der Waals surface area contributed by atoms with Gasteiger partial charge in [0.1, 0.15) is 5.75 Å². The number of aromatic nitrogens is 1. The topological polar surface area (TPSA) is 74.9 Å². The molecular formula is C23H31N3O4. The van der Waals surface area contributed by atoms with E-state index in [9.17, 15) is 9.59 Å². The largest absolute Gasteiger partial charge is 0.497 e. The van der Waals surface area contributed by atoms with E-state index in [4.69, 9.17) is 9.47 Å². The van der Waals surface area contributed by atoms with Crippen molar-refractivity contribution in [1.29, 1.82) is 0 Å². The minimum Gasteiger partial charge on any atom is -0.497 e. The maximum Gasteiger partial charge on any atom is 0.340 e. The molecule has 0 bridgehead atoms. The van der Waals surface area contributed by atoms with E-state index in [0.29, 0.717) is 23.4 Å². The summed E-state index contributed by atoms with van der Waals surface area (Å²) in [5, 5.41) is 0. The average Bonchev–Trinajstić information content (AvgIpc) is 3.04. The number of rotatable bonds is 8. The molecule has 2 heterocycles. The van der Waals surface area contributed by atoms with Gasteiger partial charge in [0, 0.05) is 44.1 Å². The maximum atomic E-state index is 13.0. The molecule has 7 heteroatoms. The third-order valence-electron chi connectivity index (χ3n) is 5.53. The zero-order valence-electron chi connectivity index (χ0n) is 18.3. The molecule has 162 valence electrons. The molecule has 30 heavy (non-hydrogen) atoms. The Morgan fingerprint density at radius 2 is 1.57 bits per heavy atom. The zero-order valence-corrected chi connectivity index (χ0v) is 18.3. The monoisotopic (exact) mass is 413 g/mol. The molecule has 1 saturated heterocycles. The van der Waals surface area contributed by atoms with Crippen LogP contribution in [-0.4, -0.2) is 73.0 Å². The lowest BCUT2D eigenvalue weighted by atomic mass is 10.0. The number of ketones is 1. The van der Waals surface area contributed by atoms with Gasteiger partial charge in [-0.1, -0.05) is 12.1 Å². The minimum atomic E-state index is -0.438. The van der Waals surface area contributed by atoms with Crippen molar-refractivity contribution in [1.82, 2.24) is 14.8 Å². The third kappa shape index (κ3) is 5.09. The van der Waals surface area contributed by atoms with Crippen molar-refractivity contribution >= 4 is 11.8 Å². The van der Waals surface area contributed by atoms with E-state index in [1.807, 2.05) is 19.1 Å². The van der Waals surface area contributed by atoms with Gasteiger partial charge < -0.3 is 14.5 Å². The fraction of sp³-hybridized carbons (Fsp3) is 0.478. The molecule has 3 rings (SSSR count). The molecule has 0 unspecified atom stereocenters. The highest BCUT2D eigenvalue weighted by Gasteiger charge is 2.27. The van der Waals surface area contributed by atoms with Crippen LogP contribution in [0.5, 0.6) is 5.75 Å². The number of methoxy groups -OCH3 is 1.